The first-order valence-corrected chi connectivity index (χ1v) is 15.7. The average molecular weight is 585 g/mol. The lowest BCUT2D eigenvalue weighted by Crippen LogP contribution is -2.54. The fraction of sp³-hybridized carbons (Fsp3) is 0.484. The highest BCUT2D eigenvalue weighted by molar-refractivity contribution is 7.90. The molecule has 0 saturated heterocycles. The van der Waals surface area contributed by atoms with Gasteiger partial charge in [-0.05, 0) is 56.9 Å². The second-order valence-corrected chi connectivity index (χ2v) is 12.5. The molecule has 2 amide bonds. The topological polar surface area (TPSA) is 119 Å². The molecule has 3 N–H and O–H groups in total. The van der Waals surface area contributed by atoms with Crippen molar-refractivity contribution in [3.05, 3.63) is 70.8 Å². The summed E-state index contributed by atoms with van der Waals surface area (Å²) in [7, 11) is -3.62. The molecule has 0 saturated carbocycles. The Morgan fingerprint density at radius 2 is 1.61 bits per heavy atom. The second-order valence-electron chi connectivity index (χ2n) is 10.3. The van der Waals surface area contributed by atoms with Gasteiger partial charge in [-0.1, -0.05) is 57.0 Å². The van der Waals surface area contributed by atoms with Crippen LogP contribution in [0, 0.1) is 12.3 Å². The molecule has 0 bridgehead atoms. The number of nitrogens with zero attached hydrogens (tertiary/aromatic N) is 2. The summed E-state index contributed by atoms with van der Waals surface area (Å²) in [6.07, 6.45) is 6.43. The number of likely N-dealkylation sites (N-methyl/N-ethyl adjacent to an activating group) is 1. The maximum atomic E-state index is 13.5. The first-order chi connectivity index (χ1) is 19.4. The highest BCUT2D eigenvalue weighted by Crippen LogP contribution is 2.15. The number of carbonyl (C=O) groups excluding carboxylic acids is 2. The van der Waals surface area contributed by atoms with Crippen molar-refractivity contribution in [2.45, 2.75) is 71.3 Å². The lowest BCUT2D eigenvalue weighted by molar-refractivity contribution is 0.0634. The van der Waals surface area contributed by atoms with Crippen molar-refractivity contribution in [1.29, 1.82) is 0 Å². The van der Waals surface area contributed by atoms with E-state index in [2.05, 4.69) is 16.1 Å². The van der Waals surface area contributed by atoms with Crippen LogP contribution in [0.15, 0.2) is 48.5 Å². The van der Waals surface area contributed by atoms with Gasteiger partial charge in [0, 0.05) is 42.9 Å². The number of terminal acetylenes is 1. The smallest absolute Gasteiger partial charge is 0.253 e. The van der Waals surface area contributed by atoms with Crippen LogP contribution in [-0.4, -0.2) is 78.8 Å². The van der Waals surface area contributed by atoms with Crippen molar-refractivity contribution in [2.75, 3.05) is 26.2 Å². The van der Waals surface area contributed by atoms with E-state index < -0.39 is 33.3 Å². The van der Waals surface area contributed by atoms with Crippen molar-refractivity contribution < 1.29 is 23.1 Å². The van der Waals surface area contributed by atoms with Crippen LogP contribution in [0.25, 0.3) is 0 Å². The van der Waals surface area contributed by atoms with E-state index in [1.807, 2.05) is 44.2 Å². The molecule has 2 rings (SSSR count). The molecule has 0 aliphatic rings. The third kappa shape index (κ3) is 10.3. The summed E-state index contributed by atoms with van der Waals surface area (Å²) in [6, 6.07) is 13.3. The lowest BCUT2D eigenvalue weighted by atomic mass is 9.99. The minimum absolute atomic E-state index is 0.0582. The molecule has 224 valence electrons. The van der Waals surface area contributed by atoms with Crippen molar-refractivity contribution in [2.24, 2.45) is 0 Å². The van der Waals surface area contributed by atoms with Crippen molar-refractivity contribution in [3.8, 4) is 12.3 Å². The number of aliphatic hydroxyl groups excluding tert-OH is 1. The van der Waals surface area contributed by atoms with E-state index in [0.717, 1.165) is 18.4 Å². The van der Waals surface area contributed by atoms with Gasteiger partial charge < -0.3 is 15.3 Å². The molecular weight excluding hydrogens is 540 g/mol. The number of hydrazine groups is 1. The molecule has 2 unspecified atom stereocenters. The maximum absolute atomic E-state index is 13.5. The highest BCUT2D eigenvalue weighted by Gasteiger charge is 2.27. The standard InChI is InChI=1S/C31H44N4O5S/c1-7-16-34(17-8-2)31(38)27-19-24(9-3)18-26(21-27)30(37)32-28(20-25-14-12-11-13-15-25)29(36)22-35(10-4)33-41(39,40)23(5)6/h3,11-15,18-19,21,23,28-29,33,36H,7-8,10,16-17,20,22H2,1-2,4-6H3,(H,32,37). The van der Waals surface area contributed by atoms with Gasteiger partial charge in [-0.2, -0.15) is 0 Å². The SMILES string of the molecule is C#Cc1cc(C(=O)NC(Cc2ccccc2)C(O)CN(CC)NS(=O)(=O)C(C)C)cc(C(=O)N(CCC)CCC)c1. The molecule has 2 aromatic rings. The Morgan fingerprint density at radius 3 is 2.15 bits per heavy atom. The minimum Gasteiger partial charge on any atom is -0.390 e. The predicted octanol–water partition coefficient (Wildman–Crippen LogP) is 3.20. The number of carbonyl (C=O) groups is 2. The summed E-state index contributed by atoms with van der Waals surface area (Å²) >= 11 is 0. The Kier molecular flexibility index (Phi) is 13.5. The van der Waals surface area contributed by atoms with Gasteiger partial charge in [0.2, 0.25) is 10.0 Å². The van der Waals surface area contributed by atoms with Gasteiger partial charge in [0.05, 0.1) is 17.4 Å². The van der Waals surface area contributed by atoms with Crippen LogP contribution in [0.4, 0.5) is 0 Å². The fourth-order valence-corrected chi connectivity index (χ4v) is 5.05. The van der Waals surface area contributed by atoms with Crippen LogP contribution in [0.3, 0.4) is 0 Å². The Morgan fingerprint density at radius 1 is 1.00 bits per heavy atom. The van der Waals surface area contributed by atoms with E-state index in [1.165, 1.54) is 17.1 Å². The van der Waals surface area contributed by atoms with Gasteiger partial charge in [-0.3, -0.25) is 9.59 Å². The summed E-state index contributed by atoms with van der Waals surface area (Å²) in [5.74, 6) is 1.83. The number of rotatable bonds is 16. The number of hydrogen-bond donors (Lipinski definition) is 3. The number of hydrogen-bond acceptors (Lipinski definition) is 6. The number of sulfonamides is 1. The largest absolute Gasteiger partial charge is 0.390 e. The normalized spacial score (nSPS) is 13.0. The summed E-state index contributed by atoms with van der Waals surface area (Å²) in [4.78, 5) is 31.1. The first-order valence-electron chi connectivity index (χ1n) is 14.2. The highest BCUT2D eigenvalue weighted by atomic mass is 32.2. The van der Waals surface area contributed by atoms with Crippen molar-refractivity contribution in [3.63, 3.8) is 0 Å². The second kappa shape index (κ2) is 16.3. The number of benzene rings is 2. The molecule has 9 nitrogen and oxygen atoms in total. The molecule has 0 spiro atoms. The minimum atomic E-state index is -3.62. The third-order valence-electron chi connectivity index (χ3n) is 6.63. The zero-order valence-corrected chi connectivity index (χ0v) is 25.6. The van der Waals surface area contributed by atoms with Crippen LogP contribution < -0.4 is 10.1 Å². The number of aliphatic hydroxyl groups is 1. The number of nitrogens with one attached hydrogen (secondary N) is 2. The summed E-state index contributed by atoms with van der Waals surface area (Å²) in [5, 5.41) is 14.9. The average Bonchev–Trinajstić information content (AvgIpc) is 2.95. The van der Waals surface area contributed by atoms with E-state index in [1.54, 1.807) is 31.7 Å². The van der Waals surface area contributed by atoms with Gasteiger partial charge in [0.25, 0.3) is 11.8 Å². The monoisotopic (exact) mass is 584 g/mol. The van der Waals surface area contributed by atoms with Crippen LogP contribution in [0.2, 0.25) is 0 Å². The van der Waals surface area contributed by atoms with E-state index in [4.69, 9.17) is 6.42 Å². The van der Waals surface area contributed by atoms with E-state index in [-0.39, 0.29) is 18.0 Å². The fourth-order valence-electron chi connectivity index (χ4n) is 4.28. The lowest BCUT2D eigenvalue weighted by Gasteiger charge is -2.30. The van der Waals surface area contributed by atoms with Crippen LogP contribution in [-0.2, 0) is 16.4 Å². The Hall–Kier alpha value is -3.23. The predicted molar refractivity (Wildman–Crippen MR) is 163 cm³/mol. The first kappa shape index (κ1) is 34.0. The van der Waals surface area contributed by atoms with Gasteiger partial charge in [0.15, 0.2) is 0 Å². The van der Waals surface area contributed by atoms with Crippen LogP contribution in [0.5, 0.6) is 0 Å². The van der Waals surface area contributed by atoms with Gasteiger partial charge in [0.1, 0.15) is 0 Å². The molecule has 0 radical (unpaired) electrons. The zero-order chi connectivity index (χ0) is 30.6. The van der Waals surface area contributed by atoms with Crippen molar-refractivity contribution >= 4 is 21.8 Å². The molecule has 0 fully saturated rings. The van der Waals surface area contributed by atoms with Crippen LogP contribution in [0.1, 0.15) is 79.3 Å². The molecule has 2 atom stereocenters. The van der Waals surface area contributed by atoms with E-state index >= 15 is 0 Å². The molecule has 2 aromatic carbocycles. The van der Waals surface area contributed by atoms with Gasteiger partial charge >= 0.3 is 0 Å². The summed E-state index contributed by atoms with van der Waals surface area (Å²) < 4.78 is 24.9. The molecular formula is C31H44N4O5S. The van der Waals surface area contributed by atoms with Gasteiger partial charge in [-0.15, -0.1) is 11.3 Å². The van der Waals surface area contributed by atoms with Crippen LogP contribution >= 0.6 is 0 Å². The number of amides is 2. The Labute approximate surface area is 245 Å². The van der Waals surface area contributed by atoms with E-state index in [9.17, 15) is 23.1 Å². The molecule has 0 heterocycles. The Balaban J connectivity index is 2.37. The molecule has 0 aromatic heterocycles. The quantitative estimate of drug-likeness (QED) is 0.206. The summed E-state index contributed by atoms with van der Waals surface area (Å²) in [5.41, 5.74) is 1.81. The molecule has 10 heteroatoms. The maximum Gasteiger partial charge on any atom is 0.253 e. The third-order valence-corrected chi connectivity index (χ3v) is 8.38. The van der Waals surface area contributed by atoms with Crippen molar-refractivity contribution in [1.82, 2.24) is 20.1 Å². The summed E-state index contributed by atoms with van der Waals surface area (Å²) in [6.45, 7) is 10.3. The zero-order valence-electron chi connectivity index (χ0n) is 24.8. The molecule has 0 aliphatic carbocycles. The van der Waals surface area contributed by atoms with Gasteiger partial charge in [-0.25, -0.2) is 13.4 Å². The Bertz CT molecular complexity index is 1290. The van der Waals surface area contributed by atoms with E-state index in [0.29, 0.717) is 37.2 Å². The molecule has 41 heavy (non-hydrogen) atoms. The molecule has 0 aliphatic heterocycles.